The molecule has 0 heterocycles. The molecule has 0 aliphatic carbocycles. The Bertz CT molecular complexity index is 809. The largest absolute Gasteiger partial charge is 0.545 e. The van der Waals surface area contributed by atoms with E-state index in [0.717, 1.165) is 0 Å². The van der Waals surface area contributed by atoms with Crippen LogP contribution in [0.4, 0.5) is 5.69 Å². The summed E-state index contributed by atoms with van der Waals surface area (Å²) in [4.78, 5) is 22.8. The number of benzene rings is 2. The van der Waals surface area contributed by atoms with Crippen molar-refractivity contribution in [2.24, 2.45) is 0 Å². The minimum Gasteiger partial charge on any atom is -0.545 e. The lowest BCUT2D eigenvalue weighted by molar-refractivity contribution is -0.255. The van der Waals surface area contributed by atoms with E-state index in [1.165, 1.54) is 18.2 Å². The molecule has 0 aliphatic rings. The van der Waals surface area contributed by atoms with Crippen LogP contribution in [0.5, 0.6) is 0 Å². The molecule has 2 aromatic carbocycles. The minimum absolute atomic E-state index is 0.0717. The van der Waals surface area contributed by atoms with Gasteiger partial charge in [-0.2, -0.15) is 5.26 Å². The van der Waals surface area contributed by atoms with Crippen LogP contribution in [0.15, 0.2) is 42.5 Å². The van der Waals surface area contributed by atoms with E-state index in [2.05, 4.69) is 5.32 Å². The zero-order chi connectivity index (χ0) is 18.2. The van der Waals surface area contributed by atoms with E-state index in [0.29, 0.717) is 22.4 Å². The molecule has 0 saturated carbocycles. The molecular weight excluding hydrogens is 324 g/mol. The molecule has 0 aromatic heterocycles. The van der Waals surface area contributed by atoms with Crippen molar-refractivity contribution in [2.45, 2.75) is 13.0 Å². The van der Waals surface area contributed by atoms with E-state index in [4.69, 9.17) is 15.1 Å². The minimum atomic E-state index is -1.38. The standard InChI is InChI=1S/C18H16N2O5/c19-9-12-1-3-16(4-2-12)20-11-25-17(22)8-13-5-14(10-21)7-15(6-13)18(23)24/h1-7,20-21H,8,10-11H2,(H,23,24)/p-1. The van der Waals surface area contributed by atoms with Gasteiger partial charge in [0.05, 0.1) is 30.6 Å². The lowest BCUT2D eigenvalue weighted by atomic mass is 10.0. The van der Waals surface area contributed by atoms with E-state index < -0.39 is 11.9 Å². The fourth-order valence-corrected chi connectivity index (χ4v) is 2.15. The summed E-state index contributed by atoms with van der Waals surface area (Å²) < 4.78 is 5.04. The highest BCUT2D eigenvalue weighted by Crippen LogP contribution is 2.12. The van der Waals surface area contributed by atoms with Crippen LogP contribution in [0.2, 0.25) is 0 Å². The first-order valence-electron chi connectivity index (χ1n) is 7.36. The maximum absolute atomic E-state index is 11.9. The number of carboxylic acid groups (broad SMARTS) is 1. The van der Waals surface area contributed by atoms with E-state index >= 15 is 0 Å². The van der Waals surface area contributed by atoms with Crippen molar-refractivity contribution in [1.82, 2.24) is 0 Å². The van der Waals surface area contributed by atoms with Gasteiger partial charge in [0.25, 0.3) is 0 Å². The molecule has 0 spiro atoms. The molecule has 2 rings (SSSR count). The molecule has 25 heavy (non-hydrogen) atoms. The summed E-state index contributed by atoms with van der Waals surface area (Å²) in [6.45, 7) is -0.415. The molecule has 2 N–H and O–H groups in total. The third-order valence-electron chi connectivity index (χ3n) is 3.34. The second-order valence-electron chi connectivity index (χ2n) is 5.19. The highest BCUT2D eigenvalue weighted by atomic mass is 16.5. The first kappa shape index (κ1) is 18.0. The Morgan fingerprint density at radius 1 is 1.16 bits per heavy atom. The van der Waals surface area contributed by atoms with Gasteiger partial charge in [-0.1, -0.05) is 6.07 Å². The number of nitrogens with zero attached hydrogens (tertiary/aromatic N) is 1. The lowest BCUT2D eigenvalue weighted by Crippen LogP contribution is -2.23. The number of aliphatic hydroxyl groups is 1. The molecule has 0 unspecified atom stereocenters. The summed E-state index contributed by atoms with van der Waals surface area (Å²) in [6.07, 6.45) is -0.136. The predicted octanol–water partition coefficient (Wildman–Crippen LogP) is 0.569. The molecule has 0 amide bonds. The summed E-state index contributed by atoms with van der Waals surface area (Å²) in [5.41, 5.74) is 1.89. The van der Waals surface area contributed by atoms with Crippen molar-refractivity contribution in [1.29, 1.82) is 5.26 Å². The average molecular weight is 339 g/mol. The molecule has 0 radical (unpaired) electrons. The summed E-state index contributed by atoms with van der Waals surface area (Å²) >= 11 is 0. The smallest absolute Gasteiger partial charge is 0.311 e. The van der Waals surface area contributed by atoms with Crippen LogP contribution >= 0.6 is 0 Å². The lowest BCUT2D eigenvalue weighted by Gasteiger charge is -2.10. The number of ether oxygens (including phenoxy) is 1. The van der Waals surface area contributed by atoms with Crippen molar-refractivity contribution in [3.63, 3.8) is 0 Å². The molecule has 0 atom stereocenters. The van der Waals surface area contributed by atoms with Crippen molar-refractivity contribution in [2.75, 3.05) is 12.0 Å². The Morgan fingerprint density at radius 3 is 2.44 bits per heavy atom. The summed E-state index contributed by atoms with van der Waals surface area (Å²) in [6, 6.07) is 12.8. The van der Waals surface area contributed by atoms with Gasteiger partial charge in [-0.05, 0) is 53.1 Å². The van der Waals surface area contributed by atoms with Gasteiger partial charge in [0, 0.05) is 5.69 Å². The van der Waals surface area contributed by atoms with Crippen LogP contribution in [0.25, 0.3) is 0 Å². The average Bonchev–Trinajstić information content (AvgIpc) is 2.61. The first-order chi connectivity index (χ1) is 12.0. The summed E-state index contributed by atoms with van der Waals surface area (Å²) in [5, 5.41) is 31.7. The number of aliphatic hydroxyl groups excluding tert-OH is 1. The molecule has 0 fully saturated rings. The highest BCUT2D eigenvalue weighted by molar-refractivity contribution is 5.86. The maximum Gasteiger partial charge on any atom is 0.311 e. The second-order valence-corrected chi connectivity index (χ2v) is 5.19. The van der Waals surface area contributed by atoms with E-state index in [1.54, 1.807) is 24.3 Å². The van der Waals surface area contributed by atoms with E-state index in [-0.39, 0.29) is 25.3 Å². The number of rotatable bonds is 7. The molecular formula is C18H15N2O5-. The topological polar surface area (TPSA) is 122 Å². The van der Waals surface area contributed by atoms with Crippen LogP contribution < -0.4 is 10.4 Å². The highest BCUT2D eigenvalue weighted by Gasteiger charge is 2.08. The van der Waals surface area contributed by atoms with Crippen molar-refractivity contribution >= 4 is 17.6 Å². The number of hydrogen-bond acceptors (Lipinski definition) is 7. The first-order valence-corrected chi connectivity index (χ1v) is 7.36. The number of nitriles is 1. The Hall–Kier alpha value is -3.37. The summed E-state index contributed by atoms with van der Waals surface area (Å²) in [7, 11) is 0. The van der Waals surface area contributed by atoms with E-state index in [1.807, 2.05) is 6.07 Å². The van der Waals surface area contributed by atoms with Crippen LogP contribution in [0.1, 0.15) is 27.0 Å². The van der Waals surface area contributed by atoms with Gasteiger partial charge in [-0.25, -0.2) is 0 Å². The monoisotopic (exact) mass is 339 g/mol. The number of esters is 1. The zero-order valence-electron chi connectivity index (χ0n) is 13.2. The van der Waals surface area contributed by atoms with Crippen molar-refractivity contribution in [3.05, 3.63) is 64.7 Å². The molecule has 7 nitrogen and oxygen atoms in total. The van der Waals surface area contributed by atoms with Gasteiger partial charge >= 0.3 is 5.97 Å². The van der Waals surface area contributed by atoms with Gasteiger partial charge in [0.2, 0.25) is 0 Å². The maximum atomic E-state index is 11.9. The molecule has 0 saturated heterocycles. The number of anilines is 1. The Morgan fingerprint density at radius 2 is 1.84 bits per heavy atom. The molecule has 2 aromatic rings. The van der Waals surface area contributed by atoms with Crippen LogP contribution in [0, 0.1) is 11.3 Å². The molecule has 7 heteroatoms. The normalized spacial score (nSPS) is 9.92. The Labute approximate surface area is 144 Å². The Balaban J connectivity index is 1.90. The van der Waals surface area contributed by atoms with Gasteiger partial charge < -0.3 is 25.1 Å². The number of aromatic carboxylic acids is 1. The predicted molar refractivity (Wildman–Crippen MR) is 86.1 cm³/mol. The van der Waals surface area contributed by atoms with Crippen LogP contribution in [-0.4, -0.2) is 23.8 Å². The van der Waals surface area contributed by atoms with Gasteiger partial charge in [-0.15, -0.1) is 0 Å². The fraction of sp³-hybridized carbons (Fsp3) is 0.167. The zero-order valence-corrected chi connectivity index (χ0v) is 13.2. The number of hydrogen-bond donors (Lipinski definition) is 2. The van der Waals surface area contributed by atoms with E-state index in [9.17, 15) is 14.7 Å². The van der Waals surface area contributed by atoms with Crippen LogP contribution in [0.3, 0.4) is 0 Å². The van der Waals surface area contributed by atoms with Gasteiger partial charge in [0.1, 0.15) is 0 Å². The Kier molecular flexibility index (Phi) is 6.09. The fourth-order valence-electron chi connectivity index (χ4n) is 2.15. The molecule has 0 aliphatic heterocycles. The quantitative estimate of drug-likeness (QED) is 0.558. The summed E-state index contributed by atoms with van der Waals surface area (Å²) in [5.74, 6) is -1.94. The number of carboxylic acids is 1. The molecule has 128 valence electrons. The number of carbonyl (C=O) groups excluding carboxylic acids is 2. The van der Waals surface area contributed by atoms with Gasteiger partial charge in [0.15, 0.2) is 6.73 Å². The van der Waals surface area contributed by atoms with Crippen LogP contribution in [-0.2, 0) is 22.6 Å². The third-order valence-corrected chi connectivity index (χ3v) is 3.34. The van der Waals surface area contributed by atoms with Gasteiger partial charge in [-0.3, -0.25) is 4.79 Å². The van der Waals surface area contributed by atoms with Crippen molar-refractivity contribution < 1.29 is 24.5 Å². The second kappa shape index (κ2) is 8.47. The SMILES string of the molecule is N#Cc1ccc(NCOC(=O)Cc2cc(CO)cc(C(=O)[O-])c2)cc1. The van der Waals surface area contributed by atoms with Crippen molar-refractivity contribution in [3.8, 4) is 6.07 Å². The third kappa shape index (κ3) is 5.34. The number of carbonyl (C=O) groups is 2. The molecule has 0 bridgehead atoms. The number of nitrogens with one attached hydrogen (secondary N) is 1.